The van der Waals surface area contributed by atoms with Gasteiger partial charge in [0, 0.05) is 0 Å². The van der Waals surface area contributed by atoms with Crippen LogP contribution in [0, 0.1) is 11.3 Å². The van der Waals surface area contributed by atoms with Gasteiger partial charge in [0.2, 0.25) is 0 Å². The fraction of sp³-hybridized carbons (Fsp3) is 0.900. The van der Waals surface area contributed by atoms with E-state index < -0.39 is 6.04 Å². The molecule has 3 heteroatoms. The summed E-state index contributed by atoms with van der Waals surface area (Å²) in [4.78, 5) is 11.4. The van der Waals surface area contributed by atoms with E-state index in [1.54, 1.807) is 0 Å². The predicted octanol–water partition coefficient (Wildman–Crippen LogP) is 1.31. The first-order valence-electron chi connectivity index (χ1n) is 4.83. The molecule has 0 saturated heterocycles. The van der Waals surface area contributed by atoms with Crippen LogP contribution in [0.15, 0.2) is 0 Å². The van der Waals surface area contributed by atoms with Crippen LogP contribution in [-0.2, 0) is 9.53 Å². The summed E-state index contributed by atoms with van der Waals surface area (Å²) in [6, 6.07) is -0.508. The number of hydrogen-bond acceptors (Lipinski definition) is 3. The highest BCUT2D eigenvalue weighted by Gasteiger charge is 2.30. The van der Waals surface area contributed by atoms with Crippen LogP contribution >= 0.6 is 0 Å². The van der Waals surface area contributed by atoms with Gasteiger partial charge in [0.25, 0.3) is 0 Å². The van der Waals surface area contributed by atoms with E-state index in [1.807, 2.05) is 20.8 Å². The van der Waals surface area contributed by atoms with Gasteiger partial charge in [-0.05, 0) is 24.2 Å². The van der Waals surface area contributed by atoms with E-state index in [4.69, 9.17) is 10.5 Å². The van der Waals surface area contributed by atoms with Crippen LogP contribution in [-0.4, -0.2) is 18.6 Å². The monoisotopic (exact) mass is 185 g/mol. The number of esters is 1. The lowest BCUT2D eigenvalue weighted by molar-refractivity contribution is -0.148. The van der Waals surface area contributed by atoms with E-state index >= 15 is 0 Å². The summed E-state index contributed by atoms with van der Waals surface area (Å²) in [5.74, 6) is 0.343. The Labute approximate surface area is 79.6 Å². The molecule has 0 aliphatic heterocycles. The zero-order chi connectivity index (χ0) is 10.1. The van der Waals surface area contributed by atoms with E-state index in [2.05, 4.69) is 0 Å². The number of nitrogens with two attached hydrogens (primary N) is 1. The van der Waals surface area contributed by atoms with Gasteiger partial charge >= 0.3 is 5.97 Å². The number of ether oxygens (including phenoxy) is 1. The van der Waals surface area contributed by atoms with E-state index in [1.165, 1.54) is 12.8 Å². The first-order valence-corrected chi connectivity index (χ1v) is 4.83. The molecule has 1 rings (SSSR count). The van der Waals surface area contributed by atoms with Crippen molar-refractivity contribution in [3.8, 4) is 0 Å². The van der Waals surface area contributed by atoms with Crippen LogP contribution in [0.1, 0.15) is 33.6 Å². The SMILES string of the molecule is CC(C)(C)[C@H](N)C(=O)OCC1CC1. The van der Waals surface area contributed by atoms with Crippen molar-refractivity contribution in [1.29, 1.82) is 0 Å². The molecule has 2 N–H and O–H groups in total. The Morgan fingerprint density at radius 1 is 1.54 bits per heavy atom. The van der Waals surface area contributed by atoms with Gasteiger partial charge in [-0.3, -0.25) is 4.79 Å². The van der Waals surface area contributed by atoms with Crippen LogP contribution in [0.3, 0.4) is 0 Å². The third-order valence-electron chi connectivity index (χ3n) is 2.35. The first-order chi connectivity index (χ1) is 5.91. The molecule has 1 saturated carbocycles. The van der Waals surface area contributed by atoms with E-state index in [0.717, 1.165) is 0 Å². The van der Waals surface area contributed by atoms with Crippen molar-refractivity contribution >= 4 is 5.97 Å². The Morgan fingerprint density at radius 2 is 2.08 bits per heavy atom. The van der Waals surface area contributed by atoms with Crippen molar-refractivity contribution in [3.05, 3.63) is 0 Å². The molecule has 0 radical (unpaired) electrons. The van der Waals surface area contributed by atoms with Crippen LogP contribution in [0.5, 0.6) is 0 Å². The molecule has 0 aromatic heterocycles. The number of hydrogen-bond donors (Lipinski definition) is 1. The zero-order valence-electron chi connectivity index (χ0n) is 8.67. The fourth-order valence-electron chi connectivity index (χ4n) is 0.928. The molecule has 0 aromatic rings. The maximum atomic E-state index is 11.4. The molecule has 0 heterocycles. The Morgan fingerprint density at radius 3 is 2.46 bits per heavy atom. The average molecular weight is 185 g/mol. The van der Waals surface area contributed by atoms with Crippen molar-refractivity contribution in [2.24, 2.45) is 17.1 Å². The lowest BCUT2D eigenvalue weighted by Crippen LogP contribution is -2.43. The highest BCUT2D eigenvalue weighted by atomic mass is 16.5. The average Bonchev–Trinajstić information content (AvgIpc) is 2.80. The Kier molecular flexibility index (Phi) is 2.96. The van der Waals surface area contributed by atoms with Crippen molar-refractivity contribution in [3.63, 3.8) is 0 Å². The molecule has 0 spiro atoms. The normalized spacial score (nSPS) is 19.7. The Balaban J connectivity index is 2.28. The molecule has 0 amide bonds. The molecule has 76 valence electrons. The van der Waals surface area contributed by atoms with Gasteiger partial charge in [0.05, 0.1) is 6.61 Å². The summed E-state index contributed by atoms with van der Waals surface area (Å²) in [6.07, 6.45) is 2.38. The highest BCUT2D eigenvalue weighted by Crippen LogP contribution is 2.29. The standard InChI is InChI=1S/C10H19NO2/c1-10(2,3)8(11)9(12)13-6-7-4-5-7/h7-8H,4-6,11H2,1-3H3/t8-/m1/s1. The fourth-order valence-corrected chi connectivity index (χ4v) is 0.928. The van der Waals surface area contributed by atoms with Crippen LogP contribution < -0.4 is 5.73 Å². The van der Waals surface area contributed by atoms with Crippen LogP contribution in [0.25, 0.3) is 0 Å². The molecule has 3 nitrogen and oxygen atoms in total. The minimum absolute atomic E-state index is 0.208. The minimum atomic E-state index is -0.508. The lowest BCUT2D eigenvalue weighted by Gasteiger charge is -2.24. The van der Waals surface area contributed by atoms with Crippen molar-refractivity contribution < 1.29 is 9.53 Å². The van der Waals surface area contributed by atoms with Gasteiger partial charge in [-0.2, -0.15) is 0 Å². The Bertz CT molecular complexity index is 192. The maximum Gasteiger partial charge on any atom is 0.323 e. The van der Waals surface area contributed by atoms with Crippen molar-refractivity contribution in [2.45, 2.75) is 39.7 Å². The van der Waals surface area contributed by atoms with Crippen molar-refractivity contribution in [1.82, 2.24) is 0 Å². The van der Waals surface area contributed by atoms with Gasteiger partial charge in [-0.25, -0.2) is 0 Å². The van der Waals surface area contributed by atoms with Crippen LogP contribution in [0.2, 0.25) is 0 Å². The van der Waals surface area contributed by atoms with Gasteiger partial charge in [-0.1, -0.05) is 20.8 Å². The maximum absolute atomic E-state index is 11.4. The molecular formula is C10H19NO2. The zero-order valence-corrected chi connectivity index (χ0v) is 8.67. The predicted molar refractivity (Wildman–Crippen MR) is 51.1 cm³/mol. The molecule has 13 heavy (non-hydrogen) atoms. The molecular weight excluding hydrogens is 166 g/mol. The molecule has 1 aliphatic rings. The number of carbonyl (C=O) groups excluding carboxylic acids is 1. The second kappa shape index (κ2) is 3.66. The van der Waals surface area contributed by atoms with Gasteiger partial charge in [0.15, 0.2) is 0 Å². The summed E-state index contributed by atoms with van der Waals surface area (Å²) in [7, 11) is 0. The van der Waals surface area contributed by atoms with Gasteiger partial charge in [0.1, 0.15) is 6.04 Å². The summed E-state index contributed by atoms with van der Waals surface area (Å²) in [5.41, 5.74) is 5.52. The smallest absolute Gasteiger partial charge is 0.323 e. The third-order valence-corrected chi connectivity index (χ3v) is 2.35. The second-order valence-corrected chi connectivity index (χ2v) is 4.92. The summed E-state index contributed by atoms with van der Waals surface area (Å²) >= 11 is 0. The van der Waals surface area contributed by atoms with Gasteiger partial charge < -0.3 is 10.5 Å². The Hall–Kier alpha value is -0.570. The lowest BCUT2D eigenvalue weighted by atomic mass is 9.87. The number of rotatable bonds is 3. The van der Waals surface area contributed by atoms with Crippen molar-refractivity contribution in [2.75, 3.05) is 6.61 Å². The molecule has 1 fully saturated rings. The first kappa shape index (κ1) is 10.5. The second-order valence-electron chi connectivity index (χ2n) is 4.92. The molecule has 0 aromatic carbocycles. The molecule has 0 unspecified atom stereocenters. The largest absolute Gasteiger partial charge is 0.464 e. The quantitative estimate of drug-likeness (QED) is 0.674. The highest BCUT2D eigenvalue weighted by molar-refractivity contribution is 5.76. The topological polar surface area (TPSA) is 52.3 Å². The van der Waals surface area contributed by atoms with Gasteiger partial charge in [-0.15, -0.1) is 0 Å². The van der Waals surface area contributed by atoms with E-state index in [0.29, 0.717) is 12.5 Å². The minimum Gasteiger partial charge on any atom is -0.464 e. The molecule has 1 aliphatic carbocycles. The molecule has 0 bridgehead atoms. The summed E-state index contributed by atoms with van der Waals surface area (Å²) in [5, 5.41) is 0. The molecule has 1 atom stereocenters. The van der Waals surface area contributed by atoms with Crippen LogP contribution in [0.4, 0.5) is 0 Å². The number of carbonyl (C=O) groups is 1. The third kappa shape index (κ3) is 3.35. The summed E-state index contributed by atoms with van der Waals surface area (Å²) < 4.78 is 5.09. The van der Waals surface area contributed by atoms with E-state index in [9.17, 15) is 4.79 Å². The summed E-state index contributed by atoms with van der Waals surface area (Å²) in [6.45, 7) is 6.38. The van der Waals surface area contributed by atoms with E-state index in [-0.39, 0.29) is 11.4 Å².